The lowest BCUT2D eigenvalue weighted by Gasteiger charge is -2.43. The van der Waals surface area contributed by atoms with Crippen LogP contribution in [0, 0.1) is 5.41 Å². The maximum absolute atomic E-state index is 9.30. The van der Waals surface area contributed by atoms with Gasteiger partial charge in [-0.3, -0.25) is 0 Å². The molecule has 0 aromatic heterocycles. The van der Waals surface area contributed by atoms with Gasteiger partial charge in [0.05, 0.1) is 25.9 Å². The van der Waals surface area contributed by atoms with E-state index >= 15 is 0 Å². The van der Waals surface area contributed by atoms with Gasteiger partial charge in [-0.05, 0) is 6.42 Å². The fourth-order valence-corrected chi connectivity index (χ4v) is 1.19. The highest BCUT2D eigenvalue weighted by molar-refractivity contribution is 4.90. The number of hydrogen-bond acceptors (Lipinski definition) is 3. The lowest BCUT2D eigenvalue weighted by atomic mass is 9.78. The van der Waals surface area contributed by atoms with Crippen molar-refractivity contribution in [2.45, 2.75) is 19.4 Å². The molecule has 0 amide bonds. The highest BCUT2D eigenvalue weighted by atomic mass is 16.5. The Hall–Kier alpha value is -0.120. The van der Waals surface area contributed by atoms with Gasteiger partial charge in [-0.15, -0.1) is 0 Å². The molecule has 1 heterocycles. The number of ether oxygens (including phenoxy) is 1. The predicted octanol–water partition coefficient (Wildman–Crippen LogP) is -0.234. The minimum absolute atomic E-state index is 0.144. The van der Waals surface area contributed by atoms with Crippen LogP contribution in [-0.4, -0.2) is 36.1 Å². The van der Waals surface area contributed by atoms with Gasteiger partial charge in [-0.1, -0.05) is 6.92 Å². The maximum atomic E-state index is 9.30. The first-order valence-corrected chi connectivity index (χ1v) is 3.62. The zero-order valence-electron chi connectivity index (χ0n) is 6.21. The van der Waals surface area contributed by atoms with E-state index in [1.54, 1.807) is 0 Å². The van der Waals surface area contributed by atoms with Crippen molar-refractivity contribution in [1.29, 1.82) is 0 Å². The summed E-state index contributed by atoms with van der Waals surface area (Å²) in [6.07, 6.45) is 0.264. The molecule has 0 radical (unpaired) electrons. The molecule has 60 valence electrons. The number of aliphatic hydroxyl groups is 2. The summed E-state index contributed by atoms with van der Waals surface area (Å²) < 4.78 is 4.98. The summed E-state index contributed by atoms with van der Waals surface area (Å²) in [5.41, 5.74) is -0.144. The zero-order valence-corrected chi connectivity index (χ0v) is 6.21. The molecule has 0 bridgehead atoms. The largest absolute Gasteiger partial charge is 0.394 e. The van der Waals surface area contributed by atoms with Gasteiger partial charge in [-0.25, -0.2) is 0 Å². The molecule has 1 aliphatic rings. The van der Waals surface area contributed by atoms with Crippen LogP contribution >= 0.6 is 0 Å². The van der Waals surface area contributed by atoms with Gasteiger partial charge >= 0.3 is 0 Å². The van der Waals surface area contributed by atoms with E-state index in [-0.39, 0.29) is 12.0 Å². The van der Waals surface area contributed by atoms with Gasteiger partial charge in [0, 0.05) is 5.41 Å². The highest BCUT2D eigenvalue weighted by Gasteiger charge is 2.42. The monoisotopic (exact) mass is 146 g/mol. The number of rotatable bonds is 3. The third-order valence-electron chi connectivity index (χ3n) is 2.36. The van der Waals surface area contributed by atoms with Crippen LogP contribution in [0.15, 0.2) is 0 Å². The van der Waals surface area contributed by atoms with Crippen molar-refractivity contribution >= 4 is 0 Å². The molecule has 1 saturated heterocycles. The van der Waals surface area contributed by atoms with Crippen molar-refractivity contribution in [2.75, 3.05) is 19.8 Å². The SMILES string of the molecule is CCC1(C(O)CO)COC1. The van der Waals surface area contributed by atoms with E-state index < -0.39 is 6.10 Å². The Morgan fingerprint density at radius 2 is 2.20 bits per heavy atom. The molecule has 0 aromatic rings. The summed E-state index contributed by atoms with van der Waals surface area (Å²) >= 11 is 0. The van der Waals surface area contributed by atoms with Crippen LogP contribution in [0.2, 0.25) is 0 Å². The Balaban J connectivity index is 2.46. The second-order valence-corrected chi connectivity index (χ2v) is 2.91. The summed E-state index contributed by atoms with van der Waals surface area (Å²) in [4.78, 5) is 0. The van der Waals surface area contributed by atoms with Crippen molar-refractivity contribution < 1.29 is 14.9 Å². The number of aliphatic hydroxyl groups excluding tert-OH is 2. The van der Waals surface area contributed by atoms with Gasteiger partial charge in [0.15, 0.2) is 0 Å². The first-order chi connectivity index (χ1) is 4.75. The zero-order chi connectivity index (χ0) is 7.61. The number of hydrogen-bond donors (Lipinski definition) is 2. The van der Waals surface area contributed by atoms with Crippen molar-refractivity contribution in [3.8, 4) is 0 Å². The van der Waals surface area contributed by atoms with E-state index in [1.807, 2.05) is 6.92 Å². The molecule has 3 nitrogen and oxygen atoms in total. The third-order valence-corrected chi connectivity index (χ3v) is 2.36. The molecule has 1 rings (SSSR count). The van der Waals surface area contributed by atoms with Gasteiger partial charge in [0.25, 0.3) is 0 Å². The molecule has 10 heavy (non-hydrogen) atoms. The van der Waals surface area contributed by atoms with Gasteiger partial charge < -0.3 is 14.9 Å². The van der Waals surface area contributed by atoms with E-state index in [4.69, 9.17) is 9.84 Å². The average Bonchev–Trinajstić information content (AvgIpc) is 1.86. The molecule has 0 saturated carbocycles. The van der Waals surface area contributed by atoms with E-state index in [9.17, 15) is 5.11 Å². The normalized spacial score (nSPS) is 25.5. The van der Waals surface area contributed by atoms with Crippen LogP contribution in [0.25, 0.3) is 0 Å². The van der Waals surface area contributed by atoms with Crippen LogP contribution in [0.5, 0.6) is 0 Å². The minimum atomic E-state index is -0.605. The molecule has 1 unspecified atom stereocenters. The molecular formula is C7H14O3. The van der Waals surface area contributed by atoms with E-state index in [0.29, 0.717) is 13.2 Å². The molecule has 1 aliphatic heterocycles. The first-order valence-electron chi connectivity index (χ1n) is 3.62. The van der Waals surface area contributed by atoms with Crippen molar-refractivity contribution in [3.05, 3.63) is 0 Å². The lowest BCUT2D eigenvalue weighted by molar-refractivity contribution is -0.182. The first kappa shape index (κ1) is 7.98. The van der Waals surface area contributed by atoms with E-state index in [2.05, 4.69) is 0 Å². The molecule has 1 fully saturated rings. The second kappa shape index (κ2) is 2.86. The fourth-order valence-electron chi connectivity index (χ4n) is 1.19. The Morgan fingerprint density at radius 1 is 1.60 bits per heavy atom. The molecular weight excluding hydrogens is 132 g/mol. The minimum Gasteiger partial charge on any atom is -0.394 e. The second-order valence-electron chi connectivity index (χ2n) is 2.91. The van der Waals surface area contributed by atoms with Crippen LogP contribution < -0.4 is 0 Å². The van der Waals surface area contributed by atoms with E-state index in [1.165, 1.54) is 0 Å². The van der Waals surface area contributed by atoms with Gasteiger partial charge in [0.2, 0.25) is 0 Å². The average molecular weight is 146 g/mol. The Morgan fingerprint density at radius 3 is 2.30 bits per heavy atom. The Bertz CT molecular complexity index is 104. The smallest absolute Gasteiger partial charge is 0.0871 e. The quantitative estimate of drug-likeness (QED) is 0.578. The van der Waals surface area contributed by atoms with Crippen LogP contribution in [0.1, 0.15) is 13.3 Å². The Kier molecular flexibility index (Phi) is 2.28. The summed E-state index contributed by atoms with van der Waals surface area (Å²) in [5.74, 6) is 0. The molecule has 0 spiro atoms. The molecule has 0 aliphatic carbocycles. The van der Waals surface area contributed by atoms with Crippen molar-refractivity contribution in [2.24, 2.45) is 5.41 Å². The highest BCUT2D eigenvalue weighted by Crippen LogP contribution is 2.34. The topological polar surface area (TPSA) is 49.7 Å². The summed E-state index contributed by atoms with van der Waals surface area (Å²) in [7, 11) is 0. The van der Waals surface area contributed by atoms with Crippen LogP contribution in [0.4, 0.5) is 0 Å². The summed E-state index contributed by atoms with van der Waals surface area (Å²) in [6, 6.07) is 0. The maximum Gasteiger partial charge on any atom is 0.0871 e. The molecule has 3 heteroatoms. The standard InChI is InChI=1S/C7H14O3/c1-2-7(4-10-5-7)6(9)3-8/h6,8-9H,2-5H2,1H3. The van der Waals surface area contributed by atoms with Crippen molar-refractivity contribution in [1.82, 2.24) is 0 Å². The van der Waals surface area contributed by atoms with Crippen LogP contribution in [0.3, 0.4) is 0 Å². The van der Waals surface area contributed by atoms with Crippen molar-refractivity contribution in [3.63, 3.8) is 0 Å². The summed E-state index contributed by atoms with van der Waals surface area (Å²) in [6.45, 7) is 3.02. The Labute approximate surface area is 60.6 Å². The molecule has 0 aromatic carbocycles. The van der Waals surface area contributed by atoms with Crippen LogP contribution in [-0.2, 0) is 4.74 Å². The van der Waals surface area contributed by atoms with Gasteiger partial charge in [-0.2, -0.15) is 0 Å². The van der Waals surface area contributed by atoms with E-state index in [0.717, 1.165) is 6.42 Å². The molecule has 2 N–H and O–H groups in total. The predicted molar refractivity (Wildman–Crippen MR) is 36.6 cm³/mol. The third kappa shape index (κ3) is 1.05. The lowest BCUT2D eigenvalue weighted by Crippen LogP contribution is -2.52. The molecule has 1 atom stereocenters. The van der Waals surface area contributed by atoms with Gasteiger partial charge in [0.1, 0.15) is 0 Å². The fraction of sp³-hybridized carbons (Fsp3) is 1.00. The summed E-state index contributed by atoms with van der Waals surface area (Å²) in [5, 5.41) is 18.0.